The first-order chi connectivity index (χ1) is 13.5. The summed E-state index contributed by atoms with van der Waals surface area (Å²) in [6.07, 6.45) is -4.15. The number of esters is 1. The topological polar surface area (TPSA) is 113 Å². The van der Waals surface area contributed by atoms with Gasteiger partial charge in [0.05, 0.1) is 11.1 Å². The van der Waals surface area contributed by atoms with Gasteiger partial charge in [-0.05, 0) is 24.6 Å². The minimum Gasteiger partial charge on any atom is -0.454 e. The van der Waals surface area contributed by atoms with E-state index in [0.717, 1.165) is 22.8 Å². The van der Waals surface area contributed by atoms with Crippen LogP contribution >= 0.6 is 0 Å². The van der Waals surface area contributed by atoms with Gasteiger partial charge in [-0.2, -0.15) is 13.2 Å². The molecule has 2 aromatic rings. The summed E-state index contributed by atoms with van der Waals surface area (Å²) < 4.78 is 44.7. The number of aromatic nitrogens is 2. The summed E-state index contributed by atoms with van der Waals surface area (Å²) in [5.41, 5.74) is 2.13. The molecule has 1 aromatic heterocycles. The molecule has 1 aromatic carbocycles. The zero-order chi connectivity index (χ0) is 21.9. The van der Waals surface area contributed by atoms with Crippen molar-refractivity contribution in [1.82, 2.24) is 9.13 Å². The Bertz CT molecular complexity index is 1070. The Hall–Kier alpha value is -3.37. The minimum atomic E-state index is -4.65. The number of Topliss-reactive ketones (excluding diaryl/α,β-unsaturated/α-hetero) is 1. The SMILES string of the molecule is CCCn1c(N)c(C(=O)COC(=O)c2cccc(C(F)(F)F)c2)c(=O)n(C)c1=O. The smallest absolute Gasteiger partial charge is 0.416 e. The van der Waals surface area contributed by atoms with Crippen LogP contribution in [0.1, 0.15) is 39.6 Å². The molecule has 0 spiro atoms. The number of halogens is 3. The molecule has 0 bridgehead atoms. The van der Waals surface area contributed by atoms with Crippen LogP contribution in [0.15, 0.2) is 33.9 Å². The van der Waals surface area contributed by atoms with E-state index in [2.05, 4.69) is 0 Å². The number of carbonyl (C=O) groups is 2. The average molecular weight is 413 g/mol. The summed E-state index contributed by atoms with van der Waals surface area (Å²) in [7, 11) is 1.17. The maximum atomic E-state index is 12.7. The van der Waals surface area contributed by atoms with Crippen molar-refractivity contribution < 1.29 is 27.5 Å². The van der Waals surface area contributed by atoms with Gasteiger partial charge in [0.2, 0.25) is 5.78 Å². The van der Waals surface area contributed by atoms with Crippen LogP contribution in [0.2, 0.25) is 0 Å². The van der Waals surface area contributed by atoms with Gasteiger partial charge < -0.3 is 10.5 Å². The van der Waals surface area contributed by atoms with Crippen LogP contribution in [-0.4, -0.2) is 27.5 Å². The van der Waals surface area contributed by atoms with Crippen molar-refractivity contribution in [2.24, 2.45) is 7.05 Å². The van der Waals surface area contributed by atoms with Gasteiger partial charge in [0, 0.05) is 13.6 Å². The molecule has 0 unspecified atom stereocenters. The van der Waals surface area contributed by atoms with Crippen LogP contribution in [0, 0.1) is 0 Å². The molecule has 0 aliphatic rings. The Morgan fingerprint density at radius 3 is 2.45 bits per heavy atom. The number of carbonyl (C=O) groups excluding carboxylic acids is 2. The standard InChI is InChI=1S/C18H18F3N3O5/c1-3-7-24-14(22)13(15(26)23(2)17(24)28)12(25)9-29-16(27)10-5-4-6-11(8-10)18(19,20)21/h4-6,8H,3,7,9,22H2,1-2H3. The molecule has 0 saturated heterocycles. The van der Waals surface area contributed by atoms with E-state index in [-0.39, 0.29) is 12.4 Å². The fourth-order valence-electron chi connectivity index (χ4n) is 2.59. The minimum absolute atomic E-state index is 0.156. The van der Waals surface area contributed by atoms with Crippen molar-refractivity contribution in [3.8, 4) is 0 Å². The molecule has 156 valence electrons. The number of nitrogens with zero attached hydrogens (tertiary/aromatic N) is 2. The van der Waals surface area contributed by atoms with E-state index in [1.807, 2.05) is 0 Å². The second-order valence-corrected chi connectivity index (χ2v) is 6.14. The van der Waals surface area contributed by atoms with Crippen LogP contribution in [0.3, 0.4) is 0 Å². The molecule has 0 fully saturated rings. The molecule has 0 atom stereocenters. The quantitative estimate of drug-likeness (QED) is 0.569. The Kier molecular flexibility index (Phi) is 6.30. The van der Waals surface area contributed by atoms with Crippen molar-refractivity contribution in [2.45, 2.75) is 26.1 Å². The van der Waals surface area contributed by atoms with Crippen molar-refractivity contribution in [3.05, 3.63) is 61.8 Å². The highest BCUT2D eigenvalue weighted by molar-refractivity contribution is 6.02. The molecule has 0 radical (unpaired) electrons. The van der Waals surface area contributed by atoms with E-state index in [9.17, 15) is 32.3 Å². The predicted molar refractivity (Wildman–Crippen MR) is 96.7 cm³/mol. The van der Waals surface area contributed by atoms with Gasteiger partial charge in [-0.1, -0.05) is 13.0 Å². The number of alkyl halides is 3. The number of nitrogen functional groups attached to an aromatic ring is 1. The van der Waals surface area contributed by atoms with Gasteiger partial charge >= 0.3 is 17.8 Å². The largest absolute Gasteiger partial charge is 0.454 e. The van der Waals surface area contributed by atoms with Gasteiger partial charge in [-0.15, -0.1) is 0 Å². The van der Waals surface area contributed by atoms with Crippen molar-refractivity contribution in [2.75, 3.05) is 12.3 Å². The number of hydrogen-bond donors (Lipinski definition) is 1. The van der Waals surface area contributed by atoms with Crippen LogP contribution in [0.5, 0.6) is 0 Å². The fourth-order valence-corrected chi connectivity index (χ4v) is 2.59. The summed E-state index contributed by atoms with van der Waals surface area (Å²) in [5, 5.41) is 0. The maximum absolute atomic E-state index is 12.7. The molecule has 0 aliphatic heterocycles. The zero-order valence-electron chi connectivity index (χ0n) is 15.6. The van der Waals surface area contributed by atoms with E-state index in [0.29, 0.717) is 17.1 Å². The Balaban J connectivity index is 2.27. The van der Waals surface area contributed by atoms with Gasteiger partial charge in [0.25, 0.3) is 5.56 Å². The number of anilines is 1. The van der Waals surface area contributed by atoms with E-state index < -0.39 is 52.5 Å². The number of hydrogen-bond acceptors (Lipinski definition) is 6. The van der Waals surface area contributed by atoms with E-state index in [1.165, 1.54) is 7.05 Å². The molecule has 0 saturated carbocycles. The Labute approximate surface area is 162 Å². The number of ketones is 1. The summed E-state index contributed by atoms with van der Waals surface area (Å²) in [6, 6.07) is 3.48. The number of ether oxygens (including phenoxy) is 1. The average Bonchev–Trinajstić information content (AvgIpc) is 2.67. The molecule has 2 N–H and O–H groups in total. The highest BCUT2D eigenvalue weighted by Gasteiger charge is 2.31. The maximum Gasteiger partial charge on any atom is 0.416 e. The molecule has 29 heavy (non-hydrogen) atoms. The van der Waals surface area contributed by atoms with Gasteiger partial charge in [-0.3, -0.25) is 18.7 Å². The van der Waals surface area contributed by atoms with E-state index in [4.69, 9.17) is 10.5 Å². The van der Waals surface area contributed by atoms with Crippen molar-refractivity contribution in [3.63, 3.8) is 0 Å². The highest BCUT2D eigenvalue weighted by atomic mass is 19.4. The van der Waals surface area contributed by atoms with E-state index in [1.54, 1.807) is 6.92 Å². The molecule has 2 rings (SSSR count). The molecular weight excluding hydrogens is 395 g/mol. The lowest BCUT2D eigenvalue weighted by Crippen LogP contribution is -2.43. The van der Waals surface area contributed by atoms with Gasteiger partial charge in [-0.25, -0.2) is 9.59 Å². The second-order valence-electron chi connectivity index (χ2n) is 6.14. The third-order valence-electron chi connectivity index (χ3n) is 4.07. The lowest BCUT2D eigenvalue weighted by Gasteiger charge is -2.14. The molecule has 8 nitrogen and oxygen atoms in total. The summed E-state index contributed by atoms with van der Waals surface area (Å²) in [5.74, 6) is -2.52. The summed E-state index contributed by atoms with van der Waals surface area (Å²) in [6.45, 7) is 0.983. The fraction of sp³-hybridized carbons (Fsp3) is 0.333. The lowest BCUT2D eigenvalue weighted by atomic mass is 10.1. The van der Waals surface area contributed by atoms with Gasteiger partial charge in [0.15, 0.2) is 6.61 Å². The van der Waals surface area contributed by atoms with Crippen LogP contribution in [0.4, 0.5) is 19.0 Å². The molecule has 1 heterocycles. The van der Waals surface area contributed by atoms with Crippen molar-refractivity contribution >= 4 is 17.6 Å². The highest BCUT2D eigenvalue weighted by Crippen LogP contribution is 2.29. The molecule has 0 aliphatic carbocycles. The Morgan fingerprint density at radius 2 is 1.86 bits per heavy atom. The summed E-state index contributed by atoms with van der Waals surface area (Å²) >= 11 is 0. The van der Waals surface area contributed by atoms with Crippen LogP contribution < -0.4 is 17.0 Å². The zero-order valence-corrected chi connectivity index (χ0v) is 15.6. The molecule has 0 amide bonds. The molecule has 11 heteroatoms. The molecular formula is C18H18F3N3O5. The van der Waals surface area contributed by atoms with Gasteiger partial charge in [0.1, 0.15) is 11.4 Å². The van der Waals surface area contributed by atoms with Crippen molar-refractivity contribution in [1.29, 1.82) is 0 Å². The third-order valence-corrected chi connectivity index (χ3v) is 4.07. The normalized spacial score (nSPS) is 11.3. The number of rotatable bonds is 6. The van der Waals surface area contributed by atoms with Crippen LogP contribution in [0.25, 0.3) is 0 Å². The number of nitrogens with two attached hydrogens (primary N) is 1. The van der Waals surface area contributed by atoms with E-state index >= 15 is 0 Å². The monoisotopic (exact) mass is 413 g/mol. The third kappa shape index (κ3) is 4.55. The predicted octanol–water partition coefficient (Wildman–Crippen LogP) is 1.60. The number of benzene rings is 1. The Morgan fingerprint density at radius 1 is 1.21 bits per heavy atom. The first-order valence-electron chi connectivity index (χ1n) is 8.45. The van der Waals surface area contributed by atoms with Crippen LogP contribution in [-0.2, 0) is 24.5 Å². The lowest BCUT2D eigenvalue weighted by molar-refractivity contribution is -0.137. The first kappa shape index (κ1) is 21.9. The first-order valence-corrected chi connectivity index (χ1v) is 8.45. The summed E-state index contributed by atoms with van der Waals surface area (Å²) in [4.78, 5) is 48.8. The second kappa shape index (κ2) is 8.33.